The van der Waals surface area contributed by atoms with Gasteiger partial charge in [0.25, 0.3) is 0 Å². The summed E-state index contributed by atoms with van der Waals surface area (Å²) < 4.78 is 0. The molecule has 0 saturated carbocycles. The molecule has 0 bridgehead atoms. The molecule has 16 heavy (non-hydrogen) atoms. The Morgan fingerprint density at radius 2 is 1.88 bits per heavy atom. The van der Waals surface area contributed by atoms with Gasteiger partial charge in [0.2, 0.25) is 0 Å². The van der Waals surface area contributed by atoms with Crippen molar-refractivity contribution in [3.8, 4) is 0 Å². The first-order valence-corrected chi connectivity index (χ1v) is 5.40. The van der Waals surface area contributed by atoms with Gasteiger partial charge in [0.05, 0.1) is 5.70 Å². The van der Waals surface area contributed by atoms with Gasteiger partial charge in [-0.15, -0.1) is 0 Å². The average molecular weight is 213 g/mol. The minimum Gasteiger partial charge on any atom is -0.260 e. The fourth-order valence-electron chi connectivity index (χ4n) is 1.55. The van der Waals surface area contributed by atoms with Gasteiger partial charge < -0.3 is 0 Å². The van der Waals surface area contributed by atoms with Crippen LogP contribution in [0, 0.1) is 5.41 Å². The lowest BCUT2D eigenvalue weighted by atomic mass is 9.90. The summed E-state index contributed by atoms with van der Waals surface area (Å²) in [6.07, 6.45) is 3.42. The molecule has 0 aliphatic rings. The molecule has 1 heteroatoms. The maximum Gasteiger partial charge on any atom is 0.0535 e. The van der Waals surface area contributed by atoms with Gasteiger partial charge in [0.1, 0.15) is 0 Å². The zero-order valence-electron chi connectivity index (χ0n) is 10.3. The van der Waals surface area contributed by atoms with Crippen LogP contribution in [-0.2, 0) is 0 Å². The number of hydrogen-bond donors (Lipinski definition) is 0. The van der Waals surface area contributed by atoms with Gasteiger partial charge in [-0.25, -0.2) is 0 Å². The first kappa shape index (κ1) is 12.4. The van der Waals surface area contributed by atoms with Crippen LogP contribution in [0.1, 0.15) is 20.8 Å². The molecule has 0 spiro atoms. The van der Waals surface area contributed by atoms with Crippen LogP contribution < -0.4 is 10.4 Å². The molecule has 0 amide bonds. The second kappa shape index (κ2) is 4.93. The molecule has 0 saturated heterocycles. The van der Waals surface area contributed by atoms with E-state index >= 15 is 0 Å². The minimum absolute atomic E-state index is 0.00664. The summed E-state index contributed by atoms with van der Waals surface area (Å²) in [5.74, 6) is 0. The topological polar surface area (TPSA) is 12.4 Å². The second-order valence-corrected chi connectivity index (χ2v) is 4.77. The van der Waals surface area contributed by atoms with Crippen LogP contribution in [0.4, 0.5) is 0 Å². The van der Waals surface area contributed by atoms with Gasteiger partial charge in [-0.2, -0.15) is 0 Å². The minimum atomic E-state index is -0.00664. The molecule has 0 aliphatic heterocycles. The van der Waals surface area contributed by atoms with Crippen LogP contribution in [0.15, 0.2) is 41.9 Å². The quantitative estimate of drug-likeness (QED) is 0.669. The van der Waals surface area contributed by atoms with Crippen molar-refractivity contribution in [3.05, 3.63) is 47.4 Å². The van der Waals surface area contributed by atoms with Crippen LogP contribution in [-0.4, -0.2) is 6.21 Å². The van der Waals surface area contributed by atoms with Crippen LogP contribution in [0.5, 0.6) is 0 Å². The van der Waals surface area contributed by atoms with E-state index in [-0.39, 0.29) is 5.41 Å². The molecular formula is C15H19N. The summed E-state index contributed by atoms with van der Waals surface area (Å²) in [7, 11) is 0. The summed E-state index contributed by atoms with van der Waals surface area (Å²) in [5, 5.41) is 2.11. The van der Waals surface area contributed by atoms with Crippen LogP contribution in [0.3, 0.4) is 0 Å². The summed E-state index contributed by atoms with van der Waals surface area (Å²) in [5.41, 5.74) is 1.03. The van der Waals surface area contributed by atoms with Crippen molar-refractivity contribution in [2.75, 3.05) is 0 Å². The van der Waals surface area contributed by atoms with Gasteiger partial charge in [0.15, 0.2) is 0 Å². The molecule has 1 rings (SSSR count). The van der Waals surface area contributed by atoms with Gasteiger partial charge in [-0.3, -0.25) is 4.99 Å². The summed E-state index contributed by atoms with van der Waals surface area (Å²) in [6, 6.07) is 8.07. The predicted octanol–water partition coefficient (Wildman–Crippen LogP) is 2.51. The normalized spacial score (nSPS) is 13.9. The standard InChI is InChI=1S/C15H19N/c1-6-11-16-14(15(3,4)5)13-10-8-7-9-12(13)2/h6-11H,1-2H2,3-5H3/b14-13-,16-11-. The van der Waals surface area contributed by atoms with E-state index in [9.17, 15) is 0 Å². The smallest absolute Gasteiger partial charge is 0.0535 e. The van der Waals surface area contributed by atoms with Gasteiger partial charge in [-0.05, 0) is 5.22 Å². The molecule has 0 fully saturated rings. The third-order valence-corrected chi connectivity index (χ3v) is 2.29. The van der Waals surface area contributed by atoms with Gasteiger partial charge in [-0.1, -0.05) is 64.3 Å². The summed E-state index contributed by atoms with van der Waals surface area (Å²) >= 11 is 0. The fraction of sp³-hybridized carbons (Fsp3) is 0.267. The van der Waals surface area contributed by atoms with E-state index in [1.807, 2.05) is 18.2 Å². The van der Waals surface area contributed by atoms with Crippen LogP contribution in [0.2, 0.25) is 0 Å². The zero-order chi connectivity index (χ0) is 12.2. The number of allylic oxidation sites excluding steroid dienone is 1. The van der Waals surface area contributed by atoms with Crippen molar-refractivity contribution in [2.24, 2.45) is 10.4 Å². The van der Waals surface area contributed by atoms with Crippen molar-refractivity contribution in [1.82, 2.24) is 0 Å². The summed E-state index contributed by atoms with van der Waals surface area (Å²) in [4.78, 5) is 4.48. The molecule has 0 N–H and O–H groups in total. The Balaban J connectivity index is 3.59. The molecule has 0 unspecified atom stereocenters. The Bertz CT molecular complexity index is 501. The monoisotopic (exact) mass is 213 g/mol. The van der Waals surface area contributed by atoms with Crippen LogP contribution in [0.25, 0.3) is 12.3 Å². The summed E-state index contributed by atoms with van der Waals surface area (Å²) in [6.45, 7) is 14.1. The van der Waals surface area contributed by atoms with Crippen molar-refractivity contribution >= 4 is 18.5 Å². The van der Waals surface area contributed by atoms with Crippen LogP contribution >= 0.6 is 0 Å². The number of hydrogen-bond acceptors (Lipinski definition) is 1. The average Bonchev–Trinajstić information content (AvgIpc) is 2.19. The lowest BCUT2D eigenvalue weighted by Crippen LogP contribution is -2.29. The number of nitrogens with zero attached hydrogens (tertiary/aromatic N) is 1. The van der Waals surface area contributed by atoms with Crippen molar-refractivity contribution in [1.29, 1.82) is 0 Å². The molecule has 0 aliphatic carbocycles. The third kappa shape index (κ3) is 2.93. The molecule has 84 valence electrons. The Morgan fingerprint density at radius 3 is 2.38 bits per heavy atom. The molecule has 0 radical (unpaired) electrons. The van der Waals surface area contributed by atoms with E-state index in [1.54, 1.807) is 12.3 Å². The highest BCUT2D eigenvalue weighted by molar-refractivity contribution is 5.75. The Labute approximate surface area is 97.5 Å². The Kier molecular flexibility index (Phi) is 3.83. The largest absolute Gasteiger partial charge is 0.260 e. The number of rotatable bonds is 2. The second-order valence-electron chi connectivity index (χ2n) is 4.77. The van der Waals surface area contributed by atoms with E-state index in [1.165, 1.54) is 0 Å². The maximum atomic E-state index is 4.48. The van der Waals surface area contributed by atoms with Crippen molar-refractivity contribution in [2.45, 2.75) is 20.8 Å². The SMILES string of the molecule is C=C/C=N\C(=c1\ccccc1=C)C(C)(C)C. The van der Waals surface area contributed by atoms with E-state index < -0.39 is 0 Å². The van der Waals surface area contributed by atoms with Gasteiger partial charge >= 0.3 is 0 Å². The Morgan fingerprint density at radius 1 is 1.25 bits per heavy atom. The Hall–Kier alpha value is -1.63. The highest BCUT2D eigenvalue weighted by Gasteiger charge is 2.16. The maximum absolute atomic E-state index is 4.48. The van der Waals surface area contributed by atoms with E-state index in [0.717, 1.165) is 16.1 Å². The third-order valence-electron chi connectivity index (χ3n) is 2.29. The molecule has 1 nitrogen and oxygen atoms in total. The molecule has 1 aromatic rings. The molecular weight excluding hydrogens is 194 g/mol. The van der Waals surface area contributed by atoms with E-state index in [2.05, 4.69) is 45.0 Å². The van der Waals surface area contributed by atoms with E-state index in [0.29, 0.717) is 0 Å². The molecule has 0 aromatic heterocycles. The first-order chi connectivity index (χ1) is 7.46. The lowest BCUT2D eigenvalue weighted by molar-refractivity contribution is 0.555. The highest BCUT2D eigenvalue weighted by Crippen LogP contribution is 2.25. The highest BCUT2D eigenvalue weighted by atomic mass is 14.8. The first-order valence-electron chi connectivity index (χ1n) is 5.40. The number of aliphatic imine (C=N–C) groups is 1. The van der Waals surface area contributed by atoms with Crippen molar-refractivity contribution < 1.29 is 0 Å². The van der Waals surface area contributed by atoms with E-state index in [4.69, 9.17) is 0 Å². The van der Waals surface area contributed by atoms with Crippen molar-refractivity contribution in [3.63, 3.8) is 0 Å². The number of benzene rings is 1. The zero-order valence-corrected chi connectivity index (χ0v) is 10.3. The lowest BCUT2D eigenvalue weighted by Gasteiger charge is -2.19. The molecule has 1 aromatic carbocycles. The fourth-order valence-corrected chi connectivity index (χ4v) is 1.55. The van der Waals surface area contributed by atoms with Gasteiger partial charge in [0, 0.05) is 16.8 Å². The predicted molar refractivity (Wildman–Crippen MR) is 72.8 cm³/mol. The molecule has 0 atom stereocenters. The molecule has 0 heterocycles.